The molecule has 2 aromatic rings. The topological polar surface area (TPSA) is 150 Å². The number of carbonyl (C=O) groups is 3. The number of benzene rings is 1. The van der Waals surface area contributed by atoms with Gasteiger partial charge in [0.05, 0.1) is 30.6 Å². The predicted molar refractivity (Wildman–Crippen MR) is 153 cm³/mol. The van der Waals surface area contributed by atoms with Crippen molar-refractivity contribution >= 4 is 18.0 Å². The number of hydrogen-bond donors (Lipinski definition) is 5. The van der Waals surface area contributed by atoms with Crippen molar-refractivity contribution in [2.45, 2.75) is 104 Å². The minimum Gasteiger partial charge on any atom is -0.391 e. The molecule has 39 heavy (non-hydrogen) atoms. The largest absolute Gasteiger partial charge is 0.391 e. The van der Waals surface area contributed by atoms with Crippen molar-refractivity contribution in [2.75, 3.05) is 0 Å². The number of aliphatic hydroxyl groups is 1. The minimum atomic E-state index is -1.06. The fraction of sp³-hybridized carbons (Fsp3) is 0.600. The van der Waals surface area contributed by atoms with Crippen LogP contribution in [0.3, 0.4) is 0 Å². The molecule has 0 fully saturated rings. The molecule has 0 saturated heterocycles. The molecule has 1 heterocycles. The van der Waals surface area contributed by atoms with Crippen LogP contribution in [0.25, 0.3) is 0 Å². The van der Waals surface area contributed by atoms with Crippen molar-refractivity contribution in [1.29, 1.82) is 0 Å². The zero-order valence-corrected chi connectivity index (χ0v) is 24.4. The average Bonchev–Trinajstić information content (AvgIpc) is 3.38. The predicted octanol–water partition coefficient (Wildman–Crippen LogP) is 2.73. The highest BCUT2D eigenvalue weighted by Gasteiger charge is 2.33. The summed E-state index contributed by atoms with van der Waals surface area (Å²) in [6, 6.07) is 3.02. The van der Waals surface area contributed by atoms with Crippen molar-refractivity contribution in [1.82, 2.24) is 20.6 Å². The summed E-state index contributed by atoms with van der Waals surface area (Å²) in [6.07, 6.45) is 4.14. The second-order valence-corrected chi connectivity index (χ2v) is 11.4. The van der Waals surface area contributed by atoms with E-state index in [1.165, 1.54) is 29.9 Å². The number of Topliss-reactive ketones (excluding diaryl/α,β-unsaturated/α-hetero) is 1. The molecule has 7 atom stereocenters. The van der Waals surface area contributed by atoms with E-state index < -0.39 is 36.2 Å². The monoisotopic (exact) mass is 541 g/mol. The molecule has 0 radical (unpaired) electrons. The number of ketones is 1. The number of aromatic nitrogens is 2. The molecule has 1 amide bonds. The number of aromatic amines is 1. The first-order valence-corrected chi connectivity index (χ1v) is 13.9. The number of carbonyl (C=O) groups excluding carboxylic acids is 3. The van der Waals surface area contributed by atoms with Gasteiger partial charge in [-0.1, -0.05) is 45.9 Å². The van der Waals surface area contributed by atoms with Gasteiger partial charge in [-0.2, -0.15) is 0 Å². The number of hydrogen-bond acceptors (Lipinski definition) is 7. The Morgan fingerprint density at radius 3 is 2.23 bits per heavy atom. The lowest BCUT2D eigenvalue weighted by molar-refractivity contribution is -0.128. The number of amides is 1. The third-order valence-corrected chi connectivity index (χ3v) is 7.49. The summed E-state index contributed by atoms with van der Waals surface area (Å²) in [6.45, 7) is 13.8. The van der Waals surface area contributed by atoms with Gasteiger partial charge in [-0.05, 0) is 68.1 Å². The summed E-state index contributed by atoms with van der Waals surface area (Å²) < 4.78 is 0. The van der Waals surface area contributed by atoms with Gasteiger partial charge in [0, 0.05) is 18.3 Å². The van der Waals surface area contributed by atoms with E-state index in [0.29, 0.717) is 24.3 Å². The molecular formula is C30H47N5O4. The number of aldehydes is 1. The Kier molecular flexibility index (Phi) is 12.5. The normalized spacial score (nSPS) is 17.1. The molecule has 9 heteroatoms. The third-order valence-electron chi connectivity index (χ3n) is 7.49. The van der Waals surface area contributed by atoms with E-state index in [-0.39, 0.29) is 24.0 Å². The Morgan fingerprint density at radius 1 is 1.08 bits per heavy atom. The maximum absolute atomic E-state index is 13.6. The molecule has 0 aliphatic rings. The van der Waals surface area contributed by atoms with Crippen LogP contribution in [0, 0.1) is 25.7 Å². The maximum atomic E-state index is 13.6. The van der Waals surface area contributed by atoms with E-state index in [9.17, 15) is 19.5 Å². The van der Waals surface area contributed by atoms with Gasteiger partial charge >= 0.3 is 0 Å². The number of nitrogens with two attached hydrogens (primary N) is 1. The highest BCUT2D eigenvalue weighted by atomic mass is 16.3. The van der Waals surface area contributed by atoms with Gasteiger partial charge in [0.25, 0.3) is 0 Å². The summed E-state index contributed by atoms with van der Waals surface area (Å²) in [4.78, 5) is 45.4. The lowest BCUT2D eigenvalue weighted by atomic mass is 9.82. The molecule has 2 rings (SSSR count). The molecule has 0 spiro atoms. The van der Waals surface area contributed by atoms with Crippen LogP contribution in [0.2, 0.25) is 0 Å². The number of aryl methyl sites for hydroxylation is 2. The molecular weight excluding hydrogens is 494 g/mol. The van der Waals surface area contributed by atoms with E-state index in [0.717, 1.165) is 6.42 Å². The molecule has 0 saturated carbocycles. The Bertz CT molecular complexity index is 1050. The summed E-state index contributed by atoms with van der Waals surface area (Å²) in [5.41, 5.74) is 10.8. The van der Waals surface area contributed by atoms with Crippen LogP contribution in [0.1, 0.15) is 75.8 Å². The first-order chi connectivity index (χ1) is 18.3. The van der Waals surface area contributed by atoms with Crippen LogP contribution in [-0.2, 0) is 20.8 Å². The fourth-order valence-electron chi connectivity index (χ4n) is 5.27. The van der Waals surface area contributed by atoms with E-state index in [1.54, 1.807) is 6.20 Å². The van der Waals surface area contributed by atoms with Crippen LogP contribution in [0.4, 0.5) is 0 Å². The van der Waals surface area contributed by atoms with E-state index in [2.05, 4.69) is 66.5 Å². The van der Waals surface area contributed by atoms with Gasteiger partial charge in [0.2, 0.25) is 5.91 Å². The Morgan fingerprint density at radius 2 is 1.72 bits per heavy atom. The zero-order chi connectivity index (χ0) is 29.3. The summed E-state index contributed by atoms with van der Waals surface area (Å²) >= 11 is 0. The highest BCUT2D eigenvalue weighted by molar-refractivity contribution is 5.91. The van der Waals surface area contributed by atoms with Crippen LogP contribution in [0.5, 0.6) is 0 Å². The van der Waals surface area contributed by atoms with E-state index in [1.807, 2.05) is 13.8 Å². The SMILES string of the molecule is Cc1cccc(C)c1C(C)CC(C)CC(N[C@@H](Cc1cnc[nH]1)C(=O)N[C@@H](C=O)[C@H](C)O)C(=O)[C@@H](N)C(C)C. The van der Waals surface area contributed by atoms with Crippen LogP contribution in [0.15, 0.2) is 30.7 Å². The Labute approximate surface area is 232 Å². The van der Waals surface area contributed by atoms with Gasteiger partial charge in [0.1, 0.15) is 12.3 Å². The van der Waals surface area contributed by atoms with Crippen molar-refractivity contribution < 1.29 is 19.5 Å². The molecule has 1 aromatic heterocycles. The van der Waals surface area contributed by atoms with Crippen LogP contribution in [-0.4, -0.2) is 63.3 Å². The minimum absolute atomic E-state index is 0.0692. The molecule has 0 aliphatic heterocycles. The van der Waals surface area contributed by atoms with Crippen LogP contribution >= 0.6 is 0 Å². The van der Waals surface area contributed by atoms with Gasteiger partial charge < -0.3 is 25.9 Å². The van der Waals surface area contributed by atoms with Gasteiger partial charge in [-0.15, -0.1) is 0 Å². The standard InChI is InChI=1S/C30H47N5O4/c1-17(2)28(31)29(38)24(12-18(3)11-21(6)27-19(4)9-8-10-20(27)5)34-25(13-23-14-32-16-33-23)30(39)35-26(15-36)22(7)37/h8-10,14-18,21-22,24-26,28,34,37H,11-13,31H2,1-7H3,(H,32,33)(H,35,39)/t18?,21?,22-,24?,25-,26-,28-/m0/s1. The second kappa shape index (κ2) is 15.1. The van der Waals surface area contributed by atoms with Crippen LogP contribution < -0.4 is 16.4 Å². The summed E-state index contributed by atoms with van der Waals surface area (Å²) in [7, 11) is 0. The molecule has 216 valence electrons. The molecule has 3 unspecified atom stereocenters. The Hall–Kier alpha value is -2.88. The molecule has 9 nitrogen and oxygen atoms in total. The Balaban J connectivity index is 2.30. The maximum Gasteiger partial charge on any atom is 0.238 e. The second-order valence-electron chi connectivity index (χ2n) is 11.4. The third kappa shape index (κ3) is 9.37. The molecule has 0 bridgehead atoms. The van der Waals surface area contributed by atoms with Crippen molar-refractivity contribution in [3.63, 3.8) is 0 Å². The number of rotatable bonds is 16. The lowest BCUT2D eigenvalue weighted by Crippen LogP contribution is -2.58. The summed E-state index contributed by atoms with van der Waals surface area (Å²) in [5.74, 6) is -0.271. The van der Waals surface area contributed by atoms with Gasteiger partial charge in [0.15, 0.2) is 5.78 Å². The average molecular weight is 542 g/mol. The lowest BCUT2D eigenvalue weighted by Gasteiger charge is -2.30. The molecule has 6 N–H and O–H groups in total. The van der Waals surface area contributed by atoms with Crippen molar-refractivity contribution in [2.24, 2.45) is 17.6 Å². The van der Waals surface area contributed by atoms with Crippen molar-refractivity contribution in [3.05, 3.63) is 53.1 Å². The van der Waals surface area contributed by atoms with Gasteiger partial charge in [-0.3, -0.25) is 14.9 Å². The van der Waals surface area contributed by atoms with E-state index in [4.69, 9.17) is 5.73 Å². The van der Waals surface area contributed by atoms with Crippen molar-refractivity contribution in [3.8, 4) is 0 Å². The number of nitrogens with one attached hydrogen (secondary N) is 3. The number of H-pyrrole nitrogens is 1. The fourth-order valence-corrected chi connectivity index (χ4v) is 5.27. The molecule has 1 aromatic carbocycles. The highest BCUT2D eigenvalue weighted by Crippen LogP contribution is 2.30. The van der Waals surface area contributed by atoms with E-state index >= 15 is 0 Å². The quantitative estimate of drug-likeness (QED) is 0.205. The number of aliphatic hydroxyl groups excluding tert-OH is 1. The van der Waals surface area contributed by atoms with Gasteiger partial charge in [-0.25, -0.2) is 4.98 Å². The summed E-state index contributed by atoms with van der Waals surface area (Å²) in [5, 5.41) is 15.8. The first-order valence-electron chi connectivity index (χ1n) is 13.9. The first kappa shape index (κ1) is 32.3. The smallest absolute Gasteiger partial charge is 0.238 e. The zero-order valence-electron chi connectivity index (χ0n) is 24.4. The molecule has 0 aliphatic carbocycles. The number of nitrogens with zero attached hydrogens (tertiary/aromatic N) is 1. The number of imidazole rings is 1.